The molecule has 1 aliphatic rings. The van der Waals surface area contributed by atoms with E-state index < -0.39 is 17.8 Å². The third-order valence-electron chi connectivity index (χ3n) is 3.95. The number of halogens is 1. The normalized spacial score (nSPS) is 17.1. The Morgan fingerprint density at radius 1 is 1.25 bits per heavy atom. The topological polar surface area (TPSA) is 66.8 Å². The molecular weight excluding hydrogens is 313 g/mol. The fourth-order valence-electron chi connectivity index (χ4n) is 2.68. The van der Waals surface area contributed by atoms with E-state index in [2.05, 4.69) is 0 Å². The van der Waals surface area contributed by atoms with Crippen LogP contribution in [0.5, 0.6) is 5.75 Å². The van der Waals surface area contributed by atoms with Crippen LogP contribution in [0.15, 0.2) is 48.5 Å². The van der Waals surface area contributed by atoms with Crippen LogP contribution in [0.1, 0.15) is 12.0 Å². The van der Waals surface area contributed by atoms with Crippen LogP contribution < -0.4 is 9.64 Å². The van der Waals surface area contributed by atoms with Gasteiger partial charge in [-0.2, -0.15) is 0 Å². The number of carbonyl (C=O) groups is 2. The first kappa shape index (κ1) is 16.0. The maximum absolute atomic E-state index is 13.1. The first-order valence-corrected chi connectivity index (χ1v) is 7.56. The van der Waals surface area contributed by atoms with E-state index in [-0.39, 0.29) is 12.4 Å². The second-order valence-electron chi connectivity index (χ2n) is 5.58. The number of carboxylic acids is 1. The number of amides is 1. The summed E-state index contributed by atoms with van der Waals surface area (Å²) in [5.41, 5.74) is 1.36. The Balaban J connectivity index is 1.63. The van der Waals surface area contributed by atoms with Gasteiger partial charge in [0.15, 0.2) is 0 Å². The highest BCUT2D eigenvalue weighted by Crippen LogP contribution is 2.27. The van der Waals surface area contributed by atoms with Crippen LogP contribution in [-0.4, -0.2) is 23.5 Å². The van der Waals surface area contributed by atoms with Gasteiger partial charge in [-0.1, -0.05) is 12.1 Å². The van der Waals surface area contributed by atoms with E-state index in [0.29, 0.717) is 24.4 Å². The van der Waals surface area contributed by atoms with Crippen LogP contribution >= 0.6 is 0 Å². The standard InChI is InChI=1S/C18H16FNO4/c19-13-3-1-2-12(10-13)11-24-15-6-4-14(5-7-15)20-9-8-16(17(20)21)18(22)23/h1-7,10,16H,8-9,11H2,(H,22,23)/t16-/m0/s1. The summed E-state index contributed by atoms with van der Waals surface area (Å²) in [7, 11) is 0. The number of rotatable bonds is 5. The molecule has 0 radical (unpaired) electrons. The fraction of sp³-hybridized carbons (Fsp3) is 0.222. The Hall–Kier alpha value is -2.89. The zero-order valence-electron chi connectivity index (χ0n) is 12.8. The van der Waals surface area contributed by atoms with Gasteiger partial charge in [0, 0.05) is 12.2 Å². The summed E-state index contributed by atoms with van der Waals surface area (Å²) in [6.07, 6.45) is 0.311. The minimum absolute atomic E-state index is 0.237. The molecular formula is C18H16FNO4. The van der Waals surface area contributed by atoms with Gasteiger partial charge in [-0.15, -0.1) is 0 Å². The number of benzene rings is 2. The molecule has 0 aliphatic carbocycles. The predicted molar refractivity (Wildman–Crippen MR) is 85.3 cm³/mol. The monoisotopic (exact) mass is 329 g/mol. The quantitative estimate of drug-likeness (QED) is 0.857. The van der Waals surface area contributed by atoms with Gasteiger partial charge in [-0.3, -0.25) is 9.59 Å². The molecule has 0 unspecified atom stereocenters. The molecule has 24 heavy (non-hydrogen) atoms. The first-order chi connectivity index (χ1) is 11.5. The van der Waals surface area contributed by atoms with Gasteiger partial charge in [0.2, 0.25) is 5.91 Å². The summed E-state index contributed by atoms with van der Waals surface area (Å²) < 4.78 is 18.7. The van der Waals surface area contributed by atoms with E-state index in [1.165, 1.54) is 17.0 Å². The number of aliphatic carboxylic acids is 1. The van der Waals surface area contributed by atoms with E-state index >= 15 is 0 Å². The molecule has 1 N–H and O–H groups in total. The molecule has 1 heterocycles. The van der Waals surface area contributed by atoms with Crippen molar-refractivity contribution in [1.29, 1.82) is 0 Å². The number of hydrogen-bond acceptors (Lipinski definition) is 3. The zero-order valence-corrected chi connectivity index (χ0v) is 12.8. The van der Waals surface area contributed by atoms with Crippen LogP contribution in [-0.2, 0) is 16.2 Å². The van der Waals surface area contributed by atoms with Crippen molar-refractivity contribution in [3.63, 3.8) is 0 Å². The summed E-state index contributed by atoms with van der Waals surface area (Å²) in [4.78, 5) is 24.5. The Labute approximate surface area is 138 Å². The van der Waals surface area contributed by atoms with Gasteiger partial charge >= 0.3 is 5.97 Å². The van der Waals surface area contributed by atoms with Crippen molar-refractivity contribution in [2.75, 3.05) is 11.4 Å². The number of carbonyl (C=O) groups excluding carboxylic acids is 1. The maximum Gasteiger partial charge on any atom is 0.316 e. The molecule has 124 valence electrons. The summed E-state index contributed by atoms with van der Waals surface area (Å²) >= 11 is 0. The summed E-state index contributed by atoms with van der Waals surface area (Å²) in [6, 6.07) is 13.0. The van der Waals surface area contributed by atoms with E-state index in [1.807, 2.05) is 0 Å². The van der Waals surface area contributed by atoms with Gasteiger partial charge in [0.1, 0.15) is 24.1 Å². The lowest BCUT2D eigenvalue weighted by molar-refractivity contribution is -0.144. The van der Waals surface area contributed by atoms with E-state index in [1.54, 1.807) is 36.4 Å². The highest BCUT2D eigenvalue weighted by Gasteiger charge is 2.37. The van der Waals surface area contributed by atoms with E-state index in [9.17, 15) is 14.0 Å². The summed E-state index contributed by atoms with van der Waals surface area (Å²) in [6.45, 7) is 0.625. The van der Waals surface area contributed by atoms with E-state index in [4.69, 9.17) is 9.84 Å². The summed E-state index contributed by atoms with van der Waals surface area (Å²) in [5.74, 6) is -2.17. The van der Waals surface area contributed by atoms with Crippen LogP contribution in [0.2, 0.25) is 0 Å². The first-order valence-electron chi connectivity index (χ1n) is 7.56. The molecule has 1 fully saturated rings. The van der Waals surface area contributed by atoms with Crippen molar-refractivity contribution in [3.05, 3.63) is 59.9 Å². The molecule has 0 spiro atoms. The van der Waals surface area contributed by atoms with Crippen LogP contribution in [0, 0.1) is 11.7 Å². The van der Waals surface area contributed by atoms with Crippen LogP contribution in [0.25, 0.3) is 0 Å². The third-order valence-corrected chi connectivity index (χ3v) is 3.95. The van der Waals surface area contributed by atoms with Crippen molar-refractivity contribution >= 4 is 17.6 Å². The number of nitrogens with zero attached hydrogens (tertiary/aromatic N) is 1. The second-order valence-corrected chi connectivity index (χ2v) is 5.58. The largest absolute Gasteiger partial charge is 0.489 e. The molecule has 0 saturated carbocycles. The van der Waals surface area contributed by atoms with Crippen molar-refractivity contribution in [2.24, 2.45) is 5.92 Å². The lowest BCUT2D eigenvalue weighted by atomic mass is 10.1. The zero-order chi connectivity index (χ0) is 17.1. The van der Waals surface area contributed by atoms with Crippen molar-refractivity contribution in [1.82, 2.24) is 0 Å². The Kier molecular flexibility index (Phi) is 4.46. The molecule has 1 saturated heterocycles. The molecule has 1 amide bonds. The third kappa shape index (κ3) is 3.37. The second kappa shape index (κ2) is 6.70. The van der Waals surface area contributed by atoms with Gasteiger partial charge in [-0.05, 0) is 48.4 Å². The smallest absolute Gasteiger partial charge is 0.316 e. The Morgan fingerprint density at radius 3 is 2.62 bits per heavy atom. The molecule has 6 heteroatoms. The van der Waals surface area contributed by atoms with Gasteiger partial charge in [0.25, 0.3) is 0 Å². The highest BCUT2D eigenvalue weighted by molar-refractivity contribution is 6.07. The molecule has 3 rings (SSSR count). The van der Waals surface area contributed by atoms with E-state index in [0.717, 1.165) is 5.56 Å². The molecule has 2 aromatic carbocycles. The van der Waals surface area contributed by atoms with Gasteiger partial charge in [-0.25, -0.2) is 4.39 Å². The van der Waals surface area contributed by atoms with Crippen molar-refractivity contribution in [3.8, 4) is 5.75 Å². The SMILES string of the molecule is O=C(O)[C@H]1CCN(c2ccc(OCc3cccc(F)c3)cc2)C1=O. The minimum Gasteiger partial charge on any atom is -0.489 e. The highest BCUT2D eigenvalue weighted by atomic mass is 19.1. The molecule has 1 aliphatic heterocycles. The number of anilines is 1. The average molecular weight is 329 g/mol. The van der Waals surface area contributed by atoms with Crippen LogP contribution in [0.4, 0.5) is 10.1 Å². The van der Waals surface area contributed by atoms with Gasteiger partial charge in [0.05, 0.1) is 0 Å². The van der Waals surface area contributed by atoms with Crippen molar-refractivity contribution in [2.45, 2.75) is 13.0 Å². The number of ether oxygens (including phenoxy) is 1. The summed E-state index contributed by atoms with van der Waals surface area (Å²) in [5, 5.41) is 9.00. The van der Waals surface area contributed by atoms with Crippen molar-refractivity contribution < 1.29 is 23.8 Å². The number of carboxylic acid groups (broad SMARTS) is 1. The minimum atomic E-state index is -1.09. The van der Waals surface area contributed by atoms with Crippen LogP contribution in [0.3, 0.4) is 0 Å². The molecule has 5 nitrogen and oxygen atoms in total. The maximum atomic E-state index is 13.1. The number of hydrogen-bond donors (Lipinski definition) is 1. The molecule has 0 aromatic heterocycles. The average Bonchev–Trinajstić information content (AvgIpc) is 2.95. The Bertz CT molecular complexity index is 760. The molecule has 2 aromatic rings. The lowest BCUT2D eigenvalue weighted by Gasteiger charge is -2.16. The lowest BCUT2D eigenvalue weighted by Crippen LogP contribution is -2.29. The molecule has 1 atom stereocenters. The Morgan fingerprint density at radius 2 is 2.00 bits per heavy atom. The van der Waals surface area contributed by atoms with Gasteiger partial charge < -0.3 is 14.7 Å². The fourth-order valence-corrected chi connectivity index (χ4v) is 2.68. The predicted octanol–water partition coefficient (Wildman–Crippen LogP) is 2.84. The molecule has 0 bridgehead atoms.